The highest BCUT2D eigenvalue weighted by molar-refractivity contribution is 6.31. The Labute approximate surface area is 122 Å². The highest BCUT2D eigenvalue weighted by Gasteiger charge is 2.14. The number of phenols is 1. The summed E-state index contributed by atoms with van der Waals surface area (Å²) in [7, 11) is 1.49. The molecule has 104 valence electrons. The van der Waals surface area contributed by atoms with E-state index in [9.17, 15) is 9.90 Å². The van der Waals surface area contributed by atoms with Gasteiger partial charge in [0, 0.05) is 10.7 Å². The zero-order valence-corrected chi connectivity index (χ0v) is 11.9. The van der Waals surface area contributed by atoms with Gasteiger partial charge in [-0.3, -0.25) is 4.79 Å². The van der Waals surface area contributed by atoms with Crippen LogP contribution in [0.5, 0.6) is 11.5 Å². The third kappa shape index (κ3) is 3.03. The van der Waals surface area contributed by atoms with E-state index in [4.69, 9.17) is 16.3 Å². The number of hydrogen-bond donors (Lipinski definition) is 2. The second kappa shape index (κ2) is 5.84. The second-order valence-electron chi connectivity index (χ2n) is 4.30. The molecule has 2 aromatic rings. The minimum atomic E-state index is -0.321. The molecule has 0 aliphatic heterocycles. The number of anilines is 1. The topological polar surface area (TPSA) is 58.6 Å². The molecule has 20 heavy (non-hydrogen) atoms. The minimum Gasteiger partial charge on any atom is -0.508 e. The van der Waals surface area contributed by atoms with Crippen LogP contribution in [0.15, 0.2) is 36.4 Å². The first kappa shape index (κ1) is 14.2. The lowest BCUT2D eigenvalue weighted by Crippen LogP contribution is -2.14. The maximum atomic E-state index is 12.3. The lowest BCUT2D eigenvalue weighted by molar-refractivity contribution is 0.102. The molecule has 0 aliphatic rings. The van der Waals surface area contributed by atoms with Gasteiger partial charge in [-0.05, 0) is 48.9 Å². The van der Waals surface area contributed by atoms with Gasteiger partial charge in [-0.2, -0.15) is 0 Å². The molecule has 0 fully saturated rings. The van der Waals surface area contributed by atoms with Crippen molar-refractivity contribution >= 4 is 23.2 Å². The van der Waals surface area contributed by atoms with Gasteiger partial charge in [0.1, 0.15) is 11.5 Å². The first-order valence-electron chi connectivity index (χ1n) is 5.96. The summed E-state index contributed by atoms with van der Waals surface area (Å²) in [4.78, 5) is 12.3. The maximum Gasteiger partial charge on any atom is 0.259 e. The quantitative estimate of drug-likeness (QED) is 0.849. The highest BCUT2D eigenvalue weighted by Crippen LogP contribution is 2.25. The first-order valence-corrected chi connectivity index (χ1v) is 6.33. The standard InChI is InChI=1S/C15H14ClNO3/c1-9-7-11(18)4-5-13(9)17-15(19)12-8-10(16)3-6-14(12)20-2/h3-8,18H,1-2H3,(H,17,19). The van der Waals surface area contributed by atoms with Gasteiger partial charge in [-0.25, -0.2) is 0 Å². The van der Waals surface area contributed by atoms with Crippen LogP contribution in [0.4, 0.5) is 5.69 Å². The largest absolute Gasteiger partial charge is 0.508 e. The summed E-state index contributed by atoms with van der Waals surface area (Å²) in [5.74, 6) is 0.280. The average molecular weight is 292 g/mol. The summed E-state index contributed by atoms with van der Waals surface area (Å²) in [5, 5.41) is 12.6. The molecule has 0 atom stereocenters. The van der Waals surface area contributed by atoms with Gasteiger partial charge in [0.05, 0.1) is 12.7 Å². The van der Waals surface area contributed by atoms with Crippen LogP contribution in [0.3, 0.4) is 0 Å². The fraction of sp³-hybridized carbons (Fsp3) is 0.133. The molecule has 2 aromatic carbocycles. The molecule has 0 aromatic heterocycles. The van der Waals surface area contributed by atoms with E-state index < -0.39 is 0 Å². The molecular formula is C15H14ClNO3. The summed E-state index contributed by atoms with van der Waals surface area (Å²) < 4.78 is 5.15. The number of phenolic OH excluding ortho intramolecular Hbond substituents is 1. The van der Waals surface area contributed by atoms with Gasteiger partial charge in [0.15, 0.2) is 0 Å². The Hall–Kier alpha value is -2.20. The number of hydrogen-bond acceptors (Lipinski definition) is 3. The lowest BCUT2D eigenvalue weighted by atomic mass is 10.1. The van der Waals surface area contributed by atoms with Crippen LogP contribution in [0.2, 0.25) is 5.02 Å². The molecule has 4 nitrogen and oxygen atoms in total. The molecule has 0 heterocycles. The zero-order chi connectivity index (χ0) is 14.7. The van der Waals surface area contributed by atoms with E-state index in [-0.39, 0.29) is 11.7 Å². The van der Waals surface area contributed by atoms with E-state index in [2.05, 4.69) is 5.32 Å². The summed E-state index contributed by atoms with van der Waals surface area (Å²) in [5.41, 5.74) is 1.74. The van der Waals surface area contributed by atoms with E-state index in [0.717, 1.165) is 5.56 Å². The van der Waals surface area contributed by atoms with Crippen molar-refractivity contribution in [2.75, 3.05) is 12.4 Å². The number of carbonyl (C=O) groups is 1. The van der Waals surface area contributed by atoms with Gasteiger partial charge in [-0.1, -0.05) is 11.6 Å². The Balaban J connectivity index is 2.30. The number of benzene rings is 2. The summed E-state index contributed by atoms with van der Waals surface area (Å²) in [6.45, 7) is 1.80. The lowest BCUT2D eigenvalue weighted by Gasteiger charge is -2.11. The molecule has 2 rings (SSSR count). The molecule has 0 unspecified atom stereocenters. The van der Waals surface area contributed by atoms with Crippen LogP contribution in [-0.2, 0) is 0 Å². The molecule has 0 aliphatic carbocycles. The van der Waals surface area contributed by atoms with E-state index in [0.29, 0.717) is 22.0 Å². The van der Waals surface area contributed by atoms with Gasteiger partial charge in [0.2, 0.25) is 0 Å². The summed E-state index contributed by atoms with van der Waals surface area (Å²) in [6, 6.07) is 9.57. The fourth-order valence-electron chi connectivity index (χ4n) is 1.84. The Morgan fingerprint density at radius 2 is 2.00 bits per heavy atom. The third-order valence-electron chi connectivity index (χ3n) is 2.86. The van der Waals surface area contributed by atoms with E-state index in [1.54, 1.807) is 37.3 Å². The molecule has 0 saturated carbocycles. The van der Waals surface area contributed by atoms with Crippen molar-refractivity contribution in [3.63, 3.8) is 0 Å². The van der Waals surface area contributed by atoms with Crippen LogP contribution < -0.4 is 10.1 Å². The van der Waals surface area contributed by atoms with Crippen LogP contribution in [0.1, 0.15) is 15.9 Å². The number of halogens is 1. The van der Waals surface area contributed by atoms with Crippen LogP contribution >= 0.6 is 11.6 Å². The Morgan fingerprint density at radius 1 is 1.25 bits per heavy atom. The average Bonchev–Trinajstić information content (AvgIpc) is 2.41. The molecular weight excluding hydrogens is 278 g/mol. The monoisotopic (exact) mass is 291 g/mol. The predicted octanol–water partition coefficient (Wildman–Crippen LogP) is 3.61. The molecule has 0 bridgehead atoms. The Morgan fingerprint density at radius 3 is 2.65 bits per heavy atom. The van der Waals surface area contributed by atoms with Crippen molar-refractivity contribution < 1.29 is 14.6 Å². The van der Waals surface area contributed by atoms with Gasteiger partial charge in [-0.15, -0.1) is 0 Å². The second-order valence-corrected chi connectivity index (χ2v) is 4.73. The predicted molar refractivity (Wildman–Crippen MR) is 78.8 cm³/mol. The molecule has 0 saturated heterocycles. The highest BCUT2D eigenvalue weighted by atomic mass is 35.5. The Bertz CT molecular complexity index is 656. The molecule has 2 N–H and O–H groups in total. The number of amides is 1. The van der Waals surface area contributed by atoms with Gasteiger partial charge in [0.25, 0.3) is 5.91 Å². The number of aryl methyl sites for hydroxylation is 1. The van der Waals surface area contributed by atoms with Crippen molar-refractivity contribution in [1.29, 1.82) is 0 Å². The van der Waals surface area contributed by atoms with Crippen LogP contribution in [0.25, 0.3) is 0 Å². The van der Waals surface area contributed by atoms with E-state index in [1.165, 1.54) is 13.2 Å². The fourth-order valence-corrected chi connectivity index (χ4v) is 2.01. The normalized spacial score (nSPS) is 10.2. The molecule has 0 radical (unpaired) electrons. The van der Waals surface area contributed by atoms with Crippen molar-refractivity contribution in [1.82, 2.24) is 0 Å². The van der Waals surface area contributed by atoms with Gasteiger partial charge >= 0.3 is 0 Å². The number of ether oxygens (including phenoxy) is 1. The number of rotatable bonds is 3. The van der Waals surface area contributed by atoms with E-state index in [1.807, 2.05) is 0 Å². The smallest absolute Gasteiger partial charge is 0.259 e. The number of nitrogens with one attached hydrogen (secondary N) is 1. The maximum absolute atomic E-state index is 12.3. The first-order chi connectivity index (χ1) is 9.51. The third-order valence-corrected chi connectivity index (χ3v) is 3.10. The SMILES string of the molecule is COc1ccc(Cl)cc1C(=O)Nc1ccc(O)cc1C. The molecule has 1 amide bonds. The van der Waals surface area contributed by atoms with Crippen molar-refractivity contribution in [3.05, 3.63) is 52.5 Å². The number of aromatic hydroxyl groups is 1. The van der Waals surface area contributed by atoms with E-state index >= 15 is 0 Å². The number of methoxy groups -OCH3 is 1. The molecule has 5 heteroatoms. The molecule has 0 spiro atoms. The number of carbonyl (C=O) groups excluding carboxylic acids is 1. The van der Waals surface area contributed by atoms with Crippen molar-refractivity contribution in [3.8, 4) is 11.5 Å². The van der Waals surface area contributed by atoms with Crippen molar-refractivity contribution in [2.24, 2.45) is 0 Å². The minimum absolute atomic E-state index is 0.154. The zero-order valence-electron chi connectivity index (χ0n) is 11.1. The van der Waals surface area contributed by atoms with Crippen LogP contribution in [0, 0.1) is 6.92 Å². The summed E-state index contributed by atoms with van der Waals surface area (Å²) >= 11 is 5.90. The summed E-state index contributed by atoms with van der Waals surface area (Å²) in [6.07, 6.45) is 0. The van der Waals surface area contributed by atoms with Crippen LogP contribution in [-0.4, -0.2) is 18.1 Å². The van der Waals surface area contributed by atoms with Gasteiger partial charge < -0.3 is 15.2 Å². The Kier molecular flexibility index (Phi) is 4.15. The van der Waals surface area contributed by atoms with Crippen molar-refractivity contribution in [2.45, 2.75) is 6.92 Å².